The Hall–Kier alpha value is -0.311. The van der Waals surface area contributed by atoms with Gasteiger partial charge in [-0.3, -0.25) is 0 Å². The van der Waals surface area contributed by atoms with Gasteiger partial charge in [0.25, 0.3) is 0 Å². The third-order valence-corrected chi connectivity index (χ3v) is 1.05. The van der Waals surface area contributed by atoms with Crippen molar-refractivity contribution in [2.45, 2.75) is 0 Å². The molecule has 0 radical (unpaired) electrons. The summed E-state index contributed by atoms with van der Waals surface area (Å²) >= 11 is 1.71. The van der Waals surface area contributed by atoms with Gasteiger partial charge in [0, 0.05) is 6.47 Å². The van der Waals surface area contributed by atoms with E-state index in [1.165, 1.54) is 0 Å². The molecule has 54 valence electrons. The van der Waals surface area contributed by atoms with Gasteiger partial charge >= 0.3 is 17.1 Å². The molecule has 0 spiro atoms. The Labute approximate surface area is 68.0 Å². The van der Waals surface area contributed by atoms with Gasteiger partial charge in [-0.2, -0.15) is 11.3 Å². The minimum Gasteiger partial charge on any atom is -0.554 e. The van der Waals surface area contributed by atoms with Crippen molar-refractivity contribution < 1.29 is 27.0 Å². The van der Waals surface area contributed by atoms with Crippen molar-refractivity contribution in [2.24, 2.45) is 0 Å². The van der Waals surface area contributed by atoms with E-state index in [9.17, 15) is 0 Å². The molecule has 9 heavy (non-hydrogen) atoms. The third-order valence-electron chi connectivity index (χ3n) is 0.425. The first-order chi connectivity index (χ1) is 3.91. The maximum atomic E-state index is 8.25. The second-order valence-electron chi connectivity index (χ2n) is 0.889. The van der Waals surface area contributed by atoms with E-state index in [-0.39, 0.29) is 17.1 Å². The van der Waals surface area contributed by atoms with Crippen molar-refractivity contribution >= 4 is 17.8 Å². The Morgan fingerprint density at radius 2 is 1.67 bits per heavy atom. The van der Waals surface area contributed by atoms with Crippen LogP contribution in [0.2, 0.25) is 0 Å². The molecule has 0 aliphatic heterocycles. The van der Waals surface area contributed by atoms with Gasteiger partial charge in [0.05, 0.1) is 0 Å². The van der Waals surface area contributed by atoms with E-state index in [1.807, 2.05) is 22.9 Å². The smallest absolute Gasteiger partial charge is 0.554 e. The number of carboxylic acid groups (broad SMARTS) is 1. The molecule has 0 bridgehead atoms. The summed E-state index contributed by atoms with van der Waals surface area (Å²) in [5.74, 6) is 0. The molecule has 0 aromatic carbocycles. The summed E-state index contributed by atoms with van der Waals surface area (Å²) in [5, 5.41) is 12.3. The van der Waals surface area contributed by atoms with Gasteiger partial charge in [-0.1, -0.05) is 12.1 Å². The van der Waals surface area contributed by atoms with Crippen LogP contribution in [0.1, 0.15) is 0 Å². The largest absolute Gasteiger partial charge is 1.00 e. The van der Waals surface area contributed by atoms with E-state index in [1.54, 1.807) is 11.3 Å². The van der Waals surface area contributed by atoms with Crippen LogP contribution in [0, 0.1) is 0 Å². The zero-order valence-electron chi connectivity index (χ0n) is 4.41. The van der Waals surface area contributed by atoms with Crippen molar-refractivity contribution in [1.82, 2.24) is 0 Å². The molecule has 0 saturated heterocycles. The Morgan fingerprint density at radius 1 is 1.33 bits per heavy atom. The molecular formula is C5H5CuO2S. The maximum Gasteiger partial charge on any atom is 1.00 e. The SMILES string of the molecule is O=C[O-].[Cu+].c1ccsc1. The summed E-state index contributed by atoms with van der Waals surface area (Å²) in [5.41, 5.74) is 0. The zero-order chi connectivity index (χ0) is 6.24. The number of carbonyl (C=O) groups is 1. The van der Waals surface area contributed by atoms with Gasteiger partial charge in [0.2, 0.25) is 0 Å². The number of carbonyl (C=O) groups excluding carboxylic acids is 1. The molecule has 0 unspecified atom stereocenters. The number of hydrogen-bond donors (Lipinski definition) is 0. The number of rotatable bonds is 0. The van der Waals surface area contributed by atoms with Crippen LogP contribution in [-0.2, 0) is 21.9 Å². The molecule has 0 atom stereocenters. The van der Waals surface area contributed by atoms with E-state index >= 15 is 0 Å². The molecule has 0 fully saturated rings. The monoisotopic (exact) mass is 192 g/mol. The summed E-state index contributed by atoms with van der Waals surface area (Å²) in [7, 11) is 0. The van der Waals surface area contributed by atoms with Gasteiger partial charge in [0.1, 0.15) is 0 Å². The van der Waals surface area contributed by atoms with Crippen LogP contribution < -0.4 is 5.11 Å². The van der Waals surface area contributed by atoms with Crippen LogP contribution in [0.3, 0.4) is 0 Å². The Bertz CT molecular complexity index is 101. The van der Waals surface area contributed by atoms with Crippen molar-refractivity contribution in [2.75, 3.05) is 0 Å². The standard InChI is InChI=1S/C4H4S.CH2O2.Cu/c1-2-4-5-3-1;2-1-3;/h1-4H;1H,(H,2,3);/q;;+1/p-1. The second kappa shape index (κ2) is 10.6. The van der Waals surface area contributed by atoms with Gasteiger partial charge in [0.15, 0.2) is 0 Å². The van der Waals surface area contributed by atoms with Crippen molar-refractivity contribution in [3.63, 3.8) is 0 Å². The van der Waals surface area contributed by atoms with Crippen LogP contribution in [0.4, 0.5) is 0 Å². The third kappa shape index (κ3) is 11.3. The van der Waals surface area contributed by atoms with Crippen LogP contribution in [0.5, 0.6) is 0 Å². The normalized spacial score (nSPS) is 5.78. The molecule has 4 heteroatoms. The van der Waals surface area contributed by atoms with Gasteiger partial charge < -0.3 is 9.90 Å². The molecule has 0 amide bonds. The Kier molecular flexibility index (Phi) is 13.6. The molecule has 0 aliphatic rings. The first-order valence-corrected chi connectivity index (χ1v) is 2.89. The van der Waals surface area contributed by atoms with E-state index in [0.717, 1.165) is 0 Å². The fraction of sp³-hybridized carbons (Fsp3) is 0. The molecule has 1 heterocycles. The first kappa shape index (κ1) is 11.5. The number of hydrogen-bond acceptors (Lipinski definition) is 3. The Morgan fingerprint density at radius 3 is 1.78 bits per heavy atom. The van der Waals surface area contributed by atoms with E-state index < -0.39 is 6.47 Å². The molecule has 0 saturated carbocycles. The summed E-state index contributed by atoms with van der Waals surface area (Å²) in [4.78, 5) is 8.25. The molecule has 1 aromatic heterocycles. The fourth-order valence-electron chi connectivity index (χ4n) is 0.227. The first-order valence-electron chi connectivity index (χ1n) is 1.94. The molecule has 1 rings (SSSR count). The van der Waals surface area contributed by atoms with Gasteiger partial charge in [-0.25, -0.2) is 0 Å². The molecule has 1 aromatic rings. The summed E-state index contributed by atoms with van der Waals surface area (Å²) < 4.78 is 0. The summed E-state index contributed by atoms with van der Waals surface area (Å²) in [6.45, 7) is -0.500. The van der Waals surface area contributed by atoms with Crippen LogP contribution in [0.15, 0.2) is 22.9 Å². The van der Waals surface area contributed by atoms with E-state index in [0.29, 0.717) is 0 Å². The Balaban J connectivity index is 0. The molecule has 0 N–H and O–H groups in total. The van der Waals surface area contributed by atoms with Crippen molar-refractivity contribution in [1.29, 1.82) is 0 Å². The predicted octanol–water partition coefficient (Wildman–Crippen LogP) is 0.112. The van der Waals surface area contributed by atoms with Gasteiger partial charge in [-0.05, 0) is 10.8 Å². The molecule has 2 nitrogen and oxygen atoms in total. The summed E-state index contributed by atoms with van der Waals surface area (Å²) in [6.07, 6.45) is 0. The molecular weight excluding hydrogens is 188 g/mol. The molecule has 0 aliphatic carbocycles. The van der Waals surface area contributed by atoms with Crippen LogP contribution in [0.25, 0.3) is 0 Å². The minimum atomic E-state index is -0.500. The second-order valence-corrected chi connectivity index (χ2v) is 1.71. The average Bonchev–Trinajstić information content (AvgIpc) is 2.17. The zero-order valence-corrected chi connectivity index (χ0v) is 6.17. The minimum absolute atomic E-state index is 0. The topological polar surface area (TPSA) is 40.1 Å². The van der Waals surface area contributed by atoms with Crippen LogP contribution >= 0.6 is 11.3 Å². The van der Waals surface area contributed by atoms with Crippen molar-refractivity contribution in [3.8, 4) is 0 Å². The van der Waals surface area contributed by atoms with Gasteiger partial charge in [-0.15, -0.1) is 0 Å². The van der Waals surface area contributed by atoms with Crippen molar-refractivity contribution in [3.05, 3.63) is 22.9 Å². The van der Waals surface area contributed by atoms with Crippen LogP contribution in [-0.4, -0.2) is 6.47 Å². The van der Waals surface area contributed by atoms with E-state index in [4.69, 9.17) is 9.90 Å². The average molecular weight is 193 g/mol. The fourth-order valence-corrected chi connectivity index (χ4v) is 0.680. The summed E-state index contributed by atoms with van der Waals surface area (Å²) in [6, 6.07) is 4.04. The quantitative estimate of drug-likeness (QED) is 0.433. The maximum absolute atomic E-state index is 8.25. The number of thiophene rings is 1. The predicted molar refractivity (Wildman–Crippen MR) is 30.4 cm³/mol. The van der Waals surface area contributed by atoms with E-state index in [2.05, 4.69) is 0 Å².